The van der Waals surface area contributed by atoms with Crippen molar-refractivity contribution in [3.8, 4) is 0 Å². The minimum Gasteiger partial charge on any atom is -0.462 e. The fourth-order valence-corrected chi connectivity index (χ4v) is 2.60. The molecule has 0 saturated carbocycles. The molecule has 0 aromatic carbocycles. The van der Waals surface area contributed by atoms with E-state index < -0.39 is 17.9 Å². The maximum absolute atomic E-state index is 11.2. The molecule has 0 aliphatic carbocycles. The Morgan fingerprint density at radius 1 is 1.47 bits per heavy atom. The molecule has 7 nitrogen and oxygen atoms in total. The average Bonchev–Trinajstić information content (AvgIpc) is 3.03. The topological polar surface area (TPSA) is 93.5 Å². The number of esters is 1. The van der Waals surface area contributed by atoms with E-state index in [1.807, 2.05) is 13.8 Å². The second-order valence-corrected chi connectivity index (χ2v) is 4.85. The molecule has 7 heteroatoms. The molecule has 2 rings (SSSR count). The molecule has 2 aliphatic rings. The molecular formula is C12H19N3O4. The van der Waals surface area contributed by atoms with Gasteiger partial charge in [0.05, 0.1) is 12.7 Å². The maximum Gasteiger partial charge on any atom is 0.306 e. The molecule has 0 aromatic rings. The molecule has 3 atom stereocenters. The molecule has 0 N–H and O–H groups in total. The molecule has 19 heavy (non-hydrogen) atoms. The normalized spacial score (nSPS) is 30.7. The third-order valence-corrected chi connectivity index (χ3v) is 3.82. The Hall–Kier alpha value is -1.30. The first-order chi connectivity index (χ1) is 9.14. The Kier molecular flexibility index (Phi) is 4.29. The predicted octanol–water partition coefficient (Wildman–Crippen LogP) is 2.30. The molecule has 0 amide bonds. The van der Waals surface area contributed by atoms with E-state index in [1.54, 1.807) is 0 Å². The van der Waals surface area contributed by atoms with Gasteiger partial charge in [0.2, 0.25) is 0 Å². The van der Waals surface area contributed by atoms with Crippen molar-refractivity contribution in [2.24, 2.45) is 5.11 Å². The number of rotatable bonds is 5. The van der Waals surface area contributed by atoms with Crippen molar-refractivity contribution in [1.82, 2.24) is 0 Å². The van der Waals surface area contributed by atoms with Crippen LogP contribution in [0.3, 0.4) is 0 Å². The fourth-order valence-electron chi connectivity index (χ4n) is 2.60. The highest BCUT2D eigenvalue weighted by molar-refractivity contribution is 5.71. The van der Waals surface area contributed by atoms with E-state index in [9.17, 15) is 4.79 Å². The van der Waals surface area contributed by atoms with E-state index in [4.69, 9.17) is 19.7 Å². The van der Waals surface area contributed by atoms with Crippen LogP contribution in [0.5, 0.6) is 0 Å². The first-order valence-corrected chi connectivity index (χ1v) is 6.69. The third-order valence-electron chi connectivity index (χ3n) is 3.82. The highest BCUT2D eigenvalue weighted by atomic mass is 16.7. The van der Waals surface area contributed by atoms with E-state index in [1.165, 1.54) is 0 Å². The van der Waals surface area contributed by atoms with Crippen LogP contribution < -0.4 is 0 Å². The SMILES string of the molecule is CCC1(CC)OC[C@H]([C@H](N=[N+]=[N-])[C@H]2CCC(=O)O2)O1. The first kappa shape index (κ1) is 14.1. The molecule has 106 valence electrons. The molecule has 0 bridgehead atoms. The Morgan fingerprint density at radius 3 is 2.68 bits per heavy atom. The molecule has 0 aromatic heterocycles. The summed E-state index contributed by atoms with van der Waals surface area (Å²) in [5, 5.41) is 3.76. The number of cyclic esters (lactones) is 1. The van der Waals surface area contributed by atoms with Crippen molar-refractivity contribution in [3.63, 3.8) is 0 Å². The summed E-state index contributed by atoms with van der Waals surface area (Å²) in [6.45, 7) is 4.34. The lowest BCUT2D eigenvalue weighted by Gasteiger charge is -2.27. The van der Waals surface area contributed by atoms with Gasteiger partial charge in [0.1, 0.15) is 12.1 Å². The molecule has 0 spiro atoms. The van der Waals surface area contributed by atoms with Crippen LogP contribution in [-0.4, -0.2) is 36.6 Å². The summed E-state index contributed by atoms with van der Waals surface area (Å²) in [5.41, 5.74) is 8.69. The molecule has 2 fully saturated rings. The van der Waals surface area contributed by atoms with Gasteiger partial charge in [-0.3, -0.25) is 4.79 Å². The summed E-state index contributed by atoms with van der Waals surface area (Å²) in [5.74, 6) is -0.851. The lowest BCUT2D eigenvalue weighted by Crippen LogP contribution is -2.39. The Balaban J connectivity index is 2.09. The second-order valence-electron chi connectivity index (χ2n) is 4.85. The van der Waals surface area contributed by atoms with Gasteiger partial charge in [-0.2, -0.15) is 0 Å². The number of ether oxygens (including phenoxy) is 3. The maximum atomic E-state index is 11.2. The van der Waals surface area contributed by atoms with Crippen LogP contribution in [0, 0.1) is 0 Å². The summed E-state index contributed by atoms with van der Waals surface area (Å²) in [6.07, 6.45) is 1.63. The van der Waals surface area contributed by atoms with Crippen molar-refractivity contribution in [3.05, 3.63) is 10.4 Å². The van der Waals surface area contributed by atoms with Gasteiger partial charge in [0, 0.05) is 11.3 Å². The van der Waals surface area contributed by atoms with Crippen LogP contribution in [0.15, 0.2) is 5.11 Å². The zero-order valence-corrected chi connectivity index (χ0v) is 11.2. The molecule has 0 radical (unpaired) electrons. The van der Waals surface area contributed by atoms with Gasteiger partial charge in [-0.1, -0.05) is 19.0 Å². The van der Waals surface area contributed by atoms with E-state index in [0.29, 0.717) is 19.4 Å². The quantitative estimate of drug-likeness (QED) is 0.331. The lowest BCUT2D eigenvalue weighted by atomic mass is 10.0. The first-order valence-electron chi connectivity index (χ1n) is 6.69. The summed E-state index contributed by atoms with van der Waals surface area (Å²) in [4.78, 5) is 14.0. The van der Waals surface area contributed by atoms with Gasteiger partial charge in [-0.05, 0) is 24.8 Å². The summed E-state index contributed by atoms with van der Waals surface area (Å²) >= 11 is 0. The number of carbonyl (C=O) groups excluding carboxylic acids is 1. The summed E-state index contributed by atoms with van der Waals surface area (Å²) in [6, 6.07) is -0.517. The number of hydrogen-bond acceptors (Lipinski definition) is 5. The van der Waals surface area contributed by atoms with E-state index in [0.717, 1.165) is 12.8 Å². The van der Waals surface area contributed by atoms with Crippen LogP contribution in [0.1, 0.15) is 39.5 Å². The Bertz CT molecular complexity index is 390. The van der Waals surface area contributed by atoms with E-state index >= 15 is 0 Å². The average molecular weight is 269 g/mol. The van der Waals surface area contributed by atoms with E-state index in [2.05, 4.69) is 10.0 Å². The monoisotopic (exact) mass is 269 g/mol. The van der Waals surface area contributed by atoms with Gasteiger partial charge in [0.15, 0.2) is 5.79 Å². The van der Waals surface area contributed by atoms with E-state index in [-0.39, 0.29) is 12.1 Å². The van der Waals surface area contributed by atoms with Crippen molar-refractivity contribution in [2.75, 3.05) is 6.61 Å². The van der Waals surface area contributed by atoms with Gasteiger partial charge < -0.3 is 14.2 Å². The molecule has 2 heterocycles. The van der Waals surface area contributed by atoms with Gasteiger partial charge in [-0.25, -0.2) is 0 Å². The molecule has 2 saturated heterocycles. The van der Waals surface area contributed by atoms with Crippen molar-refractivity contribution >= 4 is 5.97 Å². The smallest absolute Gasteiger partial charge is 0.306 e. The summed E-state index contributed by atoms with van der Waals surface area (Å²) < 4.78 is 16.8. The van der Waals surface area contributed by atoms with Gasteiger partial charge >= 0.3 is 5.97 Å². The third kappa shape index (κ3) is 2.83. The number of hydrogen-bond donors (Lipinski definition) is 0. The Labute approximate surface area is 111 Å². The molecule has 2 aliphatic heterocycles. The van der Waals surface area contributed by atoms with Crippen LogP contribution in [-0.2, 0) is 19.0 Å². The van der Waals surface area contributed by atoms with Crippen molar-refractivity contribution < 1.29 is 19.0 Å². The predicted molar refractivity (Wildman–Crippen MR) is 66.2 cm³/mol. The number of carbonyl (C=O) groups is 1. The van der Waals surface area contributed by atoms with Crippen LogP contribution in [0.25, 0.3) is 10.4 Å². The van der Waals surface area contributed by atoms with Crippen molar-refractivity contribution in [2.45, 2.75) is 63.6 Å². The minimum atomic E-state index is -0.601. The zero-order valence-electron chi connectivity index (χ0n) is 11.2. The van der Waals surface area contributed by atoms with Crippen LogP contribution in [0.2, 0.25) is 0 Å². The zero-order chi connectivity index (χ0) is 13.9. The van der Waals surface area contributed by atoms with Crippen LogP contribution >= 0.6 is 0 Å². The van der Waals surface area contributed by atoms with Gasteiger partial charge in [-0.15, -0.1) is 0 Å². The number of nitrogens with zero attached hydrogens (tertiary/aromatic N) is 3. The van der Waals surface area contributed by atoms with Crippen molar-refractivity contribution in [1.29, 1.82) is 0 Å². The largest absolute Gasteiger partial charge is 0.462 e. The minimum absolute atomic E-state index is 0.251. The van der Waals surface area contributed by atoms with Gasteiger partial charge in [0.25, 0.3) is 0 Å². The highest BCUT2D eigenvalue weighted by Gasteiger charge is 2.45. The second kappa shape index (κ2) is 5.77. The fraction of sp³-hybridized carbons (Fsp3) is 0.917. The molecule has 0 unspecified atom stereocenters. The highest BCUT2D eigenvalue weighted by Crippen LogP contribution is 2.34. The Morgan fingerprint density at radius 2 is 2.21 bits per heavy atom. The van der Waals surface area contributed by atoms with Crippen LogP contribution in [0.4, 0.5) is 0 Å². The lowest BCUT2D eigenvalue weighted by molar-refractivity contribution is -0.176. The number of azide groups is 1. The standard InChI is InChI=1S/C12H19N3O4/c1-3-12(4-2)17-7-9(19-12)11(14-15-13)8-5-6-10(16)18-8/h8-9,11H,3-7H2,1-2H3/t8-,9-,11-/m1/s1. The summed E-state index contributed by atoms with van der Waals surface area (Å²) in [7, 11) is 0. The molecular weight excluding hydrogens is 250 g/mol.